The van der Waals surface area contributed by atoms with Gasteiger partial charge in [-0.05, 0) is 12.8 Å². The Kier molecular flexibility index (Phi) is 19.0. The summed E-state index contributed by atoms with van der Waals surface area (Å²) in [5.74, 6) is -0.303. The summed E-state index contributed by atoms with van der Waals surface area (Å²) in [5.41, 5.74) is 0. The summed E-state index contributed by atoms with van der Waals surface area (Å²) < 4.78 is 5.24. The second-order valence-corrected chi connectivity index (χ2v) is 16.7. The number of halogens is 2. The topological polar surface area (TPSA) is 26.3 Å². The number of esters is 1. The molecule has 0 aromatic rings. The van der Waals surface area contributed by atoms with Gasteiger partial charge >= 0.3 is 5.97 Å². The average molecular weight is 512 g/mol. The molecule has 0 fully saturated rings. The van der Waals surface area contributed by atoms with E-state index in [-0.39, 0.29) is 8.83 Å². The van der Waals surface area contributed by atoms with Crippen LogP contribution in [-0.4, -0.2) is 25.7 Å². The summed E-state index contributed by atoms with van der Waals surface area (Å²) in [6, 6.07) is 0. The van der Waals surface area contributed by atoms with Crippen LogP contribution in [-0.2, 0) is 9.53 Å². The Morgan fingerprint density at radius 3 is 1.46 bits per heavy atom. The Balaban J connectivity index is 3.07. The summed E-state index contributed by atoms with van der Waals surface area (Å²) in [5, 5.41) is 0. The molecule has 26 heavy (non-hydrogen) atoms. The van der Waals surface area contributed by atoms with Gasteiger partial charge < -0.3 is 4.74 Å². The molecule has 5 heteroatoms. The Bertz CT molecular complexity index is 343. The highest BCUT2D eigenvalue weighted by atomic mass is 79.9. The van der Waals surface area contributed by atoms with Crippen molar-refractivity contribution in [3.8, 4) is 0 Å². The zero-order valence-corrected chi connectivity index (χ0v) is 22.0. The van der Waals surface area contributed by atoms with Crippen LogP contribution in [0.4, 0.5) is 0 Å². The molecule has 0 aliphatic rings. The van der Waals surface area contributed by atoms with Crippen LogP contribution in [0.3, 0.4) is 0 Å². The summed E-state index contributed by atoms with van der Waals surface area (Å²) in [6.45, 7) is 3.93. The first-order chi connectivity index (χ1) is 12.5. The van der Waals surface area contributed by atoms with Gasteiger partial charge in [-0.15, -0.1) is 0 Å². The largest absolute Gasteiger partial charge is 0.463 e. The lowest BCUT2D eigenvalue weighted by Crippen LogP contribution is -2.09. The Hall–Kier alpha value is 0.387. The quantitative estimate of drug-likeness (QED) is 0.0628. The fourth-order valence-corrected chi connectivity index (χ4v) is 3.98. The van der Waals surface area contributed by atoms with Crippen LogP contribution in [0.15, 0.2) is 12.7 Å². The summed E-state index contributed by atoms with van der Waals surface area (Å²) in [4.78, 5) is 10.9. The van der Waals surface area contributed by atoms with Gasteiger partial charge in [0.05, 0.1) is 9.46 Å². The monoisotopic (exact) mass is 510 g/mol. The maximum absolute atomic E-state index is 10.9. The second kappa shape index (κ2) is 18.7. The van der Waals surface area contributed by atoms with Crippen LogP contribution in [0.1, 0.15) is 103 Å². The first-order valence-electron chi connectivity index (χ1n) is 10.6. The van der Waals surface area contributed by atoms with Crippen molar-refractivity contribution in [2.24, 2.45) is 0 Å². The number of alkyl halides is 2. The minimum atomic E-state index is -0.303. The molecule has 154 valence electrons. The molecule has 0 saturated carbocycles. The van der Waals surface area contributed by atoms with E-state index in [1.54, 1.807) is 0 Å². The van der Waals surface area contributed by atoms with Crippen molar-refractivity contribution < 1.29 is 9.53 Å². The van der Waals surface area contributed by atoms with E-state index >= 15 is 0 Å². The number of hydrogen-bond acceptors (Lipinski definition) is 2. The highest BCUT2D eigenvalue weighted by molar-refractivity contribution is 9.26. The number of carbonyl (C=O) groups excluding carboxylic acids is 1. The molecule has 0 aromatic carbocycles. The van der Waals surface area contributed by atoms with E-state index in [1.165, 1.54) is 96.0 Å². The lowest BCUT2D eigenvalue weighted by atomic mass is 10.0. The van der Waals surface area contributed by atoms with Crippen molar-refractivity contribution >= 4 is 48.1 Å². The minimum Gasteiger partial charge on any atom is -0.463 e. The van der Waals surface area contributed by atoms with Crippen molar-refractivity contribution in [1.29, 1.82) is 0 Å². The molecule has 0 aliphatic carbocycles. The highest BCUT2D eigenvalue weighted by Crippen LogP contribution is 2.28. The Morgan fingerprint density at radius 2 is 1.12 bits per heavy atom. The molecule has 2 nitrogen and oxygen atoms in total. The van der Waals surface area contributed by atoms with Crippen molar-refractivity contribution in [3.63, 3.8) is 0 Å². The average Bonchev–Trinajstić information content (AvgIpc) is 2.59. The van der Waals surface area contributed by atoms with Gasteiger partial charge in [-0.2, -0.15) is 0 Å². The first kappa shape index (κ1) is 26.4. The Morgan fingerprint density at radius 1 is 0.769 bits per heavy atom. The maximum Gasteiger partial charge on any atom is 0.330 e. The van der Waals surface area contributed by atoms with Gasteiger partial charge in [0.25, 0.3) is 0 Å². The lowest BCUT2D eigenvalue weighted by molar-refractivity contribution is -0.137. The van der Waals surface area contributed by atoms with Gasteiger partial charge in [0.15, 0.2) is 0 Å². The predicted molar refractivity (Wildman–Crippen MR) is 126 cm³/mol. The van der Waals surface area contributed by atoms with Crippen LogP contribution in [0.5, 0.6) is 0 Å². The third-order valence-corrected chi connectivity index (χ3v) is 5.96. The molecule has 0 spiro atoms. The van der Waals surface area contributed by atoms with Crippen LogP contribution in [0.2, 0.25) is 0 Å². The third-order valence-electron chi connectivity index (χ3n) is 4.67. The molecule has 0 bridgehead atoms. The molecule has 0 aliphatic heterocycles. The zero-order valence-electron chi connectivity index (χ0n) is 16.9. The van der Waals surface area contributed by atoms with Crippen LogP contribution < -0.4 is 0 Å². The van der Waals surface area contributed by atoms with E-state index in [2.05, 4.69) is 38.4 Å². The summed E-state index contributed by atoms with van der Waals surface area (Å²) in [7, 11) is 1.16. The van der Waals surface area contributed by atoms with Crippen molar-refractivity contribution in [2.75, 3.05) is 6.61 Å². The second-order valence-electron chi connectivity index (χ2n) is 7.50. The SMILES string of the molecule is C=CC(=O)OCCCCCCCCCCCCCCCCCC([SiH3])(Br)Br. The Labute approximate surface area is 182 Å². The van der Waals surface area contributed by atoms with Crippen molar-refractivity contribution in [3.05, 3.63) is 12.7 Å². The maximum atomic E-state index is 10.9. The fraction of sp³-hybridized carbons (Fsp3) is 0.857. The van der Waals surface area contributed by atoms with E-state index in [0.717, 1.165) is 23.1 Å². The number of unbranched alkanes of at least 4 members (excludes halogenated alkanes) is 14. The number of rotatable bonds is 19. The molecule has 0 aromatic heterocycles. The smallest absolute Gasteiger partial charge is 0.330 e. The third kappa shape index (κ3) is 22.4. The van der Waals surface area contributed by atoms with Gasteiger partial charge in [0.2, 0.25) is 0 Å². The van der Waals surface area contributed by atoms with Gasteiger partial charge in [-0.25, -0.2) is 4.79 Å². The van der Waals surface area contributed by atoms with E-state index in [4.69, 9.17) is 4.74 Å². The first-order valence-corrected chi connectivity index (χ1v) is 13.2. The van der Waals surface area contributed by atoms with Gasteiger partial charge in [-0.1, -0.05) is 128 Å². The molecule has 0 radical (unpaired) electrons. The molecule has 0 amide bonds. The van der Waals surface area contributed by atoms with E-state index in [0.29, 0.717) is 6.61 Å². The molecule has 0 rings (SSSR count). The molecule has 0 N–H and O–H groups in total. The van der Waals surface area contributed by atoms with Crippen molar-refractivity contribution in [1.82, 2.24) is 0 Å². The van der Waals surface area contributed by atoms with Crippen LogP contribution >= 0.6 is 31.9 Å². The van der Waals surface area contributed by atoms with Crippen LogP contribution in [0, 0.1) is 0 Å². The van der Waals surface area contributed by atoms with E-state index in [1.807, 2.05) is 0 Å². The van der Waals surface area contributed by atoms with Gasteiger partial charge in [0, 0.05) is 16.3 Å². The summed E-state index contributed by atoms with van der Waals surface area (Å²) in [6.07, 6.45) is 22.6. The number of carbonyl (C=O) groups is 1. The molecule has 0 atom stereocenters. The van der Waals surface area contributed by atoms with Gasteiger partial charge in [-0.3, -0.25) is 0 Å². The predicted octanol–water partition coefficient (Wildman–Crippen LogP) is 6.77. The van der Waals surface area contributed by atoms with Gasteiger partial charge in [0.1, 0.15) is 0 Å². The number of ether oxygens (including phenoxy) is 1. The minimum absolute atomic E-state index is 0.278. The van der Waals surface area contributed by atoms with E-state index < -0.39 is 0 Å². The van der Waals surface area contributed by atoms with Crippen molar-refractivity contribution in [2.45, 2.75) is 106 Å². The summed E-state index contributed by atoms with van der Waals surface area (Å²) >= 11 is 7.39. The molecule has 0 saturated heterocycles. The standard InChI is InChI=1S/C21H40Br2O2Si/c1-2-20(24)25-19-17-15-13-11-9-7-5-3-4-6-8-10-12-14-16-18-21(22,23)26/h2H,1,3-19H2,26H3. The van der Waals surface area contributed by atoms with Crippen LogP contribution in [0.25, 0.3) is 0 Å². The number of hydrogen-bond donors (Lipinski definition) is 0. The fourth-order valence-electron chi connectivity index (χ4n) is 3.07. The molecule has 0 heterocycles. The highest BCUT2D eigenvalue weighted by Gasteiger charge is 2.13. The lowest BCUT2D eigenvalue weighted by Gasteiger charge is -2.13. The zero-order chi connectivity index (χ0) is 19.5. The van der Waals surface area contributed by atoms with E-state index in [9.17, 15) is 4.79 Å². The molecular formula is C21H40Br2O2Si. The molecular weight excluding hydrogens is 472 g/mol. The molecule has 0 unspecified atom stereocenters. The normalized spacial score (nSPS) is 11.6.